The first-order valence-corrected chi connectivity index (χ1v) is 11.6. The monoisotopic (exact) mass is 456 g/mol. The number of hydrogen-bond donors (Lipinski definition) is 0. The van der Waals surface area contributed by atoms with Crippen LogP contribution < -0.4 is 9.47 Å². The molecule has 0 atom stereocenters. The molecule has 33 heavy (non-hydrogen) atoms. The molecule has 176 valence electrons. The number of ether oxygens (including phenoxy) is 2. The van der Waals surface area contributed by atoms with Gasteiger partial charge in [0.25, 0.3) is 0 Å². The molecule has 3 aromatic carbocycles. The maximum atomic E-state index is 14.7. The van der Waals surface area contributed by atoms with E-state index in [1.165, 1.54) is 37.5 Å². The van der Waals surface area contributed by atoms with Crippen LogP contribution in [-0.4, -0.2) is 6.61 Å². The maximum Gasteiger partial charge on any atom is 0.201 e. The summed E-state index contributed by atoms with van der Waals surface area (Å²) in [6, 6.07) is 14.7. The second-order valence-corrected chi connectivity index (χ2v) is 8.27. The lowest BCUT2D eigenvalue weighted by Crippen LogP contribution is -2.02. The lowest BCUT2D eigenvalue weighted by Gasteiger charge is -2.11. The highest BCUT2D eigenvalue weighted by molar-refractivity contribution is 5.65. The molecule has 0 aliphatic rings. The van der Waals surface area contributed by atoms with Gasteiger partial charge < -0.3 is 9.47 Å². The van der Waals surface area contributed by atoms with E-state index in [0.29, 0.717) is 12.2 Å². The van der Waals surface area contributed by atoms with Crippen LogP contribution in [0.15, 0.2) is 54.6 Å². The van der Waals surface area contributed by atoms with Gasteiger partial charge in [0, 0.05) is 5.56 Å². The third-order valence-corrected chi connectivity index (χ3v) is 5.55. The van der Waals surface area contributed by atoms with E-state index in [2.05, 4.69) is 6.92 Å². The molecule has 0 aliphatic heterocycles. The fraction of sp³-hybridized carbons (Fsp3) is 0.357. The Balaban J connectivity index is 1.57. The van der Waals surface area contributed by atoms with Crippen LogP contribution in [0, 0.1) is 24.4 Å². The van der Waals surface area contributed by atoms with E-state index in [4.69, 9.17) is 9.47 Å². The summed E-state index contributed by atoms with van der Waals surface area (Å²) >= 11 is 0. The number of hydrogen-bond acceptors (Lipinski definition) is 2. The summed E-state index contributed by atoms with van der Waals surface area (Å²) in [7, 11) is 0. The van der Waals surface area contributed by atoms with Gasteiger partial charge in [-0.3, -0.25) is 0 Å². The largest absolute Gasteiger partial charge is 0.490 e. The highest BCUT2D eigenvalue weighted by Gasteiger charge is 2.16. The normalized spacial score (nSPS) is 10.9. The number of benzene rings is 3. The van der Waals surface area contributed by atoms with Gasteiger partial charge in [-0.05, 0) is 54.3 Å². The molecular weight excluding hydrogens is 425 g/mol. The second-order valence-electron chi connectivity index (χ2n) is 8.27. The molecule has 3 aromatic rings. The van der Waals surface area contributed by atoms with E-state index in [9.17, 15) is 13.2 Å². The first kappa shape index (κ1) is 24.7. The standard InChI is InChI=1S/C28H31F3O2/c1-3-4-5-6-7-8-17-32-26-16-14-23(27(30)28(26)31)22-12-10-21(11-13-22)19-33-25-15-9-20(2)18-24(25)29/h9-16,18H,3-8,17,19H2,1-2H3. The molecule has 0 heterocycles. The topological polar surface area (TPSA) is 18.5 Å². The molecule has 0 spiro atoms. The predicted octanol–water partition coefficient (Wildman–Crippen LogP) is 8.40. The fourth-order valence-electron chi connectivity index (χ4n) is 3.60. The van der Waals surface area contributed by atoms with Crippen molar-refractivity contribution in [1.82, 2.24) is 0 Å². The van der Waals surface area contributed by atoms with Gasteiger partial charge in [-0.1, -0.05) is 69.4 Å². The number of halogens is 3. The highest BCUT2D eigenvalue weighted by Crippen LogP contribution is 2.30. The number of unbranched alkanes of at least 4 members (excludes halogenated alkanes) is 5. The molecule has 0 fully saturated rings. The molecule has 3 rings (SSSR count). The van der Waals surface area contributed by atoms with Gasteiger partial charge in [0.15, 0.2) is 23.1 Å². The summed E-state index contributed by atoms with van der Waals surface area (Å²) < 4.78 is 54.1. The molecule has 0 radical (unpaired) electrons. The molecule has 0 bridgehead atoms. The van der Waals surface area contributed by atoms with E-state index >= 15 is 0 Å². The van der Waals surface area contributed by atoms with Crippen molar-refractivity contribution in [2.75, 3.05) is 6.61 Å². The van der Waals surface area contributed by atoms with Crippen molar-refractivity contribution in [3.05, 3.63) is 83.2 Å². The van der Waals surface area contributed by atoms with E-state index in [1.54, 1.807) is 36.4 Å². The zero-order valence-electron chi connectivity index (χ0n) is 19.3. The third-order valence-electron chi connectivity index (χ3n) is 5.55. The SMILES string of the molecule is CCCCCCCCOc1ccc(-c2ccc(COc3ccc(C)cc3F)cc2)c(F)c1F. The number of aryl methyl sites for hydroxylation is 1. The first-order chi connectivity index (χ1) is 16.0. The van der Waals surface area contributed by atoms with Crippen LogP contribution in [0.2, 0.25) is 0 Å². The van der Waals surface area contributed by atoms with Crippen LogP contribution in [-0.2, 0) is 6.61 Å². The molecule has 0 aromatic heterocycles. The molecule has 2 nitrogen and oxygen atoms in total. The van der Waals surface area contributed by atoms with Crippen molar-refractivity contribution in [3.63, 3.8) is 0 Å². The van der Waals surface area contributed by atoms with Gasteiger partial charge in [-0.15, -0.1) is 0 Å². The Bertz CT molecular complexity index is 1030. The Morgan fingerprint density at radius 2 is 1.39 bits per heavy atom. The molecule has 5 heteroatoms. The van der Waals surface area contributed by atoms with Crippen LogP contribution in [0.1, 0.15) is 56.6 Å². The fourth-order valence-corrected chi connectivity index (χ4v) is 3.60. The van der Waals surface area contributed by atoms with Gasteiger partial charge in [0.1, 0.15) is 6.61 Å². The summed E-state index contributed by atoms with van der Waals surface area (Å²) in [5.41, 5.74) is 2.31. The Labute approximate surface area is 194 Å². The average Bonchev–Trinajstić information content (AvgIpc) is 2.81. The summed E-state index contributed by atoms with van der Waals surface area (Å²) in [6.07, 6.45) is 6.59. The zero-order chi connectivity index (χ0) is 23.6. The van der Waals surface area contributed by atoms with Crippen molar-refractivity contribution in [2.24, 2.45) is 0 Å². The minimum absolute atomic E-state index is 0.0602. The first-order valence-electron chi connectivity index (χ1n) is 11.6. The van der Waals surface area contributed by atoms with Crippen LogP contribution >= 0.6 is 0 Å². The van der Waals surface area contributed by atoms with E-state index in [0.717, 1.165) is 30.4 Å². The maximum absolute atomic E-state index is 14.7. The van der Waals surface area contributed by atoms with Crippen LogP contribution in [0.25, 0.3) is 11.1 Å². The summed E-state index contributed by atoms with van der Waals surface area (Å²) in [4.78, 5) is 0. The Kier molecular flexibility index (Phi) is 9.23. The smallest absolute Gasteiger partial charge is 0.201 e. The minimum Gasteiger partial charge on any atom is -0.490 e. The van der Waals surface area contributed by atoms with E-state index in [-0.39, 0.29) is 23.7 Å². The second kappa shape index (κ2) is 12.3. The van der Waals surface area contributed by atoms with Crippen molar-refractivity contribution in [2.45, 2.75) is 59.0 Å². The van der Waals surface area contributed by atoms with Gasteiger partial charge in [0.2, 0.25) is 5.82 Å². The highest BCUT2D eigenvalue weighted by atomic mass is 19.2. The molecular formula is C28H31F3O2. The number of rotatable bonds is 12. The zero-order valence-corrected chi connectivity index (χ0v) is 19.3. The van der Waals surface area contributed by atoms with Crippen molar-refractivity contribution in [3.8, 4) is 22.6 Å². The molecule has 0 unspecified atom stereocenters. The van der Waals surface area contributed by atoms with Crippen molar-refractivity contribution in [1.29, 1.82) is 0 Å². The molecule has 0 amide bonds. The van der Waals surface area contributed by atoms with Crippen molar-refractivity contribution >= 4 is 0 Å². The Morgan fingerprint density at radius 3 is 2.12 bits per heavy atom. The molecule has 0 aliphatic carbocycles. The van der Waals surface area contributed by atoms with Gasteiger partial charge >= 0.3 is 0 Å². The van der Waals surface area contributed by atoms with Crippen molar-refractivity contribution < 1.29 is 22.6 Å². The Morgan fingerprint density at radius 1 is 0.697 bits per heavy atom. The van der Waals surface area contributed by atoms with Gasteiger partial charge in [0.05, 0.1) is 6.61 Å². The summed E-state index contributed by atoms with van der Waals surface area (Å²) in [5, 5.41) is 0. The average molecular weight is 457 g/mol. The lowest BCUT2D eigenvalue weighted by molar-refractivity contribution is 0.285. The Hall–Kier alpha value is -2.95. The lowest BCUT2D eigenvalue weighted by atomic mass is 10.0. The van der Waals surface area contributed by atoms with Crippen LogP contribution in [0.5, 0.6) is 11.5 Å². The molecule has 0 N–H and O–H groups in total. The summed E-state index contributed by atoms with van der Waals surface area (Å²) in [6.45, 7) is 4.52. The van der Waals surface area contributed by atoms with E-state index < -0.39 is 17.5 Å². The molecule has 0 saturated carbocycles. The molecule has 0 saturated heterocycles. The van der Waals surface area contributed by atoms with Gasteiger partial charge in [-0.25, -0.2) is 8.78 Å². The van der Waals surface area contributed by atoms with Crippen LogP contribution in [0.3, 0.4) is 0 Å². The quantitative estimate of drug-likeness (QED) is 0.255. The summed E-state index contributed by atoms with van der Waals surface area (Å²) in [5.74, 6) is -2.20. The van der Waals surface area contributed by atoms with E-state index in [1.807, 2.05) is 6.92 Å². The predicted molar refractivity (Wildman–Crippen MR) is 126 cm³/mol. The third kappa shape index (κ3) is 7.01. The van der Waals surface area contributed by atoms with Crippen LogP contribution in [0.4, 0.5) is 13.2 Å². The minimum atomic E-state index is -0.972. The van der Waals surface area contributed by atoms with Gasteiger partial charge in [-0.2, -0.15) is 4.39 Å².